The molecule has 6 heteroatoms. The zero-order valence-electron chi connectivity index (χ0n) is 9.96. The summed E-state index contributed by atoms with van der Waals surface area (Å²) in [6, 6.07) is 1.86. The van der Waals surface area contributed by atoms with Gasteiger partial charge in [-0.25, -0.2) is 13.1 Å². The lowest BCUT2D eigenvalue weighted by atomic mass is 9.93. The van der Waals surface area contributed by atoms with E-state index in [9.17, 15) is 8.42 Å². The fourth-order valence-electron chi connectivity index (χ4n) is 2.16. The smallest absolute Gasteiger partial charge is 0.242 e. The molecule has 1 heterocycles. The molecule has 0 spiro atoms. The van der Waals surface area contributed by atoms with Crippen molar-refractivity contribution in [3.63, 3.8) is 0 Å². The van der Waals surface area contributed by atoms with E-state index in [1.807, 2.05) is 0 Å². The molecule has 1 fully saturated rings. The molecule has 0 saturated heterocycles. The number of rotatable bonds is 3. The monoisotopic (exact) mass is 257 g/mol. The van der Waals surface area contributed by atoms with Crippen molar-refractivity contribution >= 4 is 10.0 Å². The lowest BCUT2D eigenvalue weighted by Gasteiger charge is -2.26. The summed E-state index contributed by atoms with van der Waals surface area (Å²) in [7, 11) is -1.56. The molecule has 1 aliphatic carbocycles. The van der Waals surface area contributed by atoms with Crippen molar-refractivity contribution in [3.05, 3.63) is 18.5 Å². The third kappa shape index (κ3) is 3.08. The molecule has 0 unspecified atom stereocenters. The van der Waals surface area contributed by atoms with Crippen molar-refractivity contribution in [1.82, 2.24) is 9.29 Å². The topological polar surface area (TPSA) is 77.1 Å². The van der Waals surface area contributed by atoms with E-state index in [1.165, 1.54) is 0 Å². The Labute approximate surface area is 102 Å². The highest BCUT2D eigenvalue weighted by Crippen LogP contribution is 2.19. The van der Waals surface area contributed by atoms with Crippen LogP contribution in [0, 0.1) is 0 Å². The van der Waals surface area contributed by atoms with Crippen LogP contribution < -0.4 is 10.5 Å². The van der Waals surface area contributed by atoms with Crippen LogP contribution in [0.15, 0.2) is 23.4 Å². The maximum Gasteiger partial charge on any atom is 0.242 e. The van der Waals surface area contributed by atoms with Crippen LogP contribution >= 0.6 is 0 Å². The molecule has 1 aliphatic rings. The summed E-state index contributed by atoms with van der Waals surface area (Å²) in [6.45, 7) is 0. The van der Waals surface area contributed by atoms with Gasteiger partial charge in [0, 0.05) is 31.5 Å². The highest BCUT2D eigenvalue weighted by molar-refractivity contribution is 7.89. The molecule has 96 valence electrons. The van der Waals surface area contributed by atoms with Gasteiger partial charge in [0.05, 0.1) is 4.90 Å². The molecule has 5 nitrogen and oxygen atoms in total. The third-order valence-corrected chi connectivity index (χ3v) is 4.71. The van der Waals surface area contributed by atoms with Crippen molar-refractivity contribution in [2.24, 2.45) is 12.8 Å². The van der Waals surface area contributed by atoms with Crippen LogP contribution in [0.3, 0.4) is 0 Å². The van der Waals surface area contributed by atoms with Crippen LogP contribution in [0.25, 0.3) is 0 Å². The first-order valence-electron chi connectivity index (χ1n) is 5.87. The van der Waals surface area contributed by atoms with Gasteiger partial charge in [-0.05, 0) is 31.7 Å². The molecule has 1 aromatic rings. The van der Waals surface area contributed by atoms with Gasteiger partial charge < -0.3 is 10.3 Å². The fraction of sp³-hybridized carbons (Fsp3) is 0.636. The van der Waals surface area contributed by atoms with Gasteiger partial charge in [0.1, 0.15) is 0 Å². The van der Waals surface area contributed by atoms with Gasteiger partial charge in [-0.2, -0.15) is 0 Å². The van der Waals surface area contributed by atoms with E-state index in [0.717, 1.165) is 25.7 Å². The molecule has 0 aromatic carbocycles. The maximum atomic E-state index is 12.0. The summed E-state index contributed by atoms with van der Waals surface area (Å²) >= 11 is 0. The number of aryl methyl sites for hydroxylation is 1. The van der Waals surface area contributed by atoms with Crippen LogP contribution in [0.4, 0.5) is 0 Å². The summed E-state index contributed by atoms with van der Waals surface area (Å²) in [6.07, 6.45) is 6.77. The Bertz CT molecular complexity index is 473. The van der Waals surface area contributed by atoms with Crippen LogP contribution in [0.2, 0.25) is 0 Å². The molecule has 1 saturated carbocycles. The number of nitrogens with two attached hydrogens (primary N) is 1. The first-order chi connectivity index (χ1) is 7.97. The van der Waals surface area contributed by atoms with Gasteiger partial charge in [0.15, 0.2) is 0 Å². The molecule has 0 radical (unpaired) electrons. The molecular weight excluding hydrogens is 238 g/mol. The highest BCUT2D eigenvalue weighted by atomic mass is 32.2. The van der Waals surface area contributed by atoms with E-state index in [2.05, 4.69) is 4.72 Å². The number of hydrogen-bond donors (Lipinski definition) is 2. The minimum Gasteiger partial charge on any atom is -0.356 e. The number of nitrogens with zero attached hydrogens (tertiary/aromatic N) is 1. The summed E-state index contributed by atoms with van der Waals surface area (Å²) in [5.41, 5.74) is 5.79. The summed E-state index contributed by atoms with van der Waals surface area (Å²) in [4.78, 5) is 0.329. The SMILES string of the molecule is Cn1ccc(S(=O)(=O)NC2CCC(N)CC2)c1. The fourth-order valence-corrected chi connectivity index (χ4v) is 3.52. The van der Waals surface area contributed by atoms with E-state index in [-0.39, 0.29) is 12.1 Å². The molecule has 3 N–H and O–H groups in total. The molecule has 2 rings (SSSR count). The second-order valence-corrected chi connectivity index (χ2v) is 6.46. The van der Waals surface area contributed by atoms with E-state index in [1.54, 1.807) is 30.1 Å². The van der Waals surface area contributed by atoms with Crippen LogP contribution in [-0.2, 0) is 17.1 Å². The van der Waals surface area contributed by atoms with Crippen molar-refractivity contribution in [3.8, 4) is 0 Å². The van der Waals surface area contributed by atoms with Crippen LogP contribution in [-0.4, -0.2) is 25.1 Å². The summed E-state index contributed by atoms with van der Waals surface area (Å²) in [5.74, 6) is 0. The summed E-state index contributed by atoms with van der Waals surface area (Å²) < 4.78 is 28.6. The Morgan fingerprint density at radius 1 is 1.35 bits per heavy atom. The van der Waals surface area contributed by atoms with Crippen molar-refractivity contribution in [2.45, 2.75) is 42.7 Å². The average Bonchev–Trinajstić information content (AvgIpc) is 2.69. The van der Waals surface area contributed by atoms with E-state index in [4.69, 9.17) is 5.73 Å². The lowest BCUT2D eigenvalue weighted by Crippen LogP contribution is -2.40. The first-order valence-corrected chi connectivity index (χ1v) is 7.35. The normalized spacial score (nSPS) is 26.0. The van der Waals surface area contributed by atoms with E-state index in [0.29, 0.717) is 4.90 Å². The second-order valence-electron chi connectivity index (χ2n) is 4.75. The number of aromatic nitrogens is 1. The van der Waals surface area contributed by atoms with Crippen LogP contribution in [0.1, 0.15) is 25.7 Å². The molecule has 1 aromatic heterocycles. The molecule has 0 bridgehead atoms. The molecule has 0 amide bonds. The number of nitrogens with one attached hydrogen (secondary N) is 1. The Balaban J connectivity index is 2.03. The van der Waals surface area contributed by atoms with Gasteiger partial charge in [0.25, 0.3) is 0 Å². The van der Waals surface area contributed by atoms with E-state index < -0.39 is 10.0 Å². The Morgan fingerprint density at radius 3 is 2.53 bits per heavy atom. The quantitative estimate of drug-likeness (QED) is 0.831. The Morgan fingerprint density at radius 2 is 2.00 bits per heavy atom. The van der Waals surface area contributed by atoms with Gasteiger partial charge in [-0.1, -0.05) is 0 Å². The predicted molar refractivity (Wildman–Crippen MR) is 66.0 cm³/mol. The Kier molecular flexibility index (Phi) is 3.56. The second kappa shape index (κ2) is 4.80. The zero-order chi connectivity index (χ0) is 12.5. The highest BCUT2D eigenvalue weighted by Gasteiger charge is 2.24. The van der Waals surface area contributed by atoms with Crippen molar-refractivity contribution in [2.75, 3.05) is 0 Å². The van der Waals surface area contributed by atoms with Crippen molar-refractivity contribution in [1.29, 1.82) is 0 Å². The number of hydrogen-bond acceptors (Lipinski definition) is 3. The van der Waals surface area contributed by atoms with Crippen LogP contribution in [0.5, 0.6) is 0 Å². The standard InChI is InChI=1S/C11H19N3O2S/c1-14-7-6-11(8-14)17(15,16)13-10-4-2-9(12)3-5-10/h6-10,13H,2-5,12H2,1H3. The molecule has 17 heavy (non-hydrogen) atoms. The minimum absolute atomic E-state index is 0.0278. The predicted octanol–water partition coefficient (Wildman–Crippen LogP) is 0.573. The lowest BCUT2D eigenvalue weighted by molar-refractivity contribution is 0.373. The third-order valence-electron chi connectivity index (χ3n) is 3.21. The minimum atomic E-state index is -3.37. The van der Waals surface area contributed by atoms with Gasteiger partial charge in [-0.15, -0.1) is 0 Å². The van der Waals surface area contributed by atoms with Crippen molar-refractivity contribution < 1.29 is 8.42 Å². The average molecular weight is 257 g/mol. The molecule has 0 atom stereocenters. The zero-order valence-corrected chi connectivity index (χ0v) is 10.8. The van der Waals surface area contributed by atoms with Gasteiger partial charge >= 0.3 is 0 Å². The molecular formula is C11H19N3O2S. The van der Waals surface area contributed by atoms with E-state index >= 15 is 0 Å². The number of sulfonamides is 1. The van der Waals surface area contributed by atoms with Gasteiger partial charge in [-0.3, -0.25) is 0 Å². The largest absolute Gasteiger partial charge is 0.356 e. The first kappa shape index (κ1) is 12.6. The molecule has 0 aliphatic heterocycles. The summed E-state index contributed by atoms with van der Waals surface area (Å²) in [5, 5.41) is 0. The Hall–Kier alpha value is -0.850. The van der Waals surface area contributed by atoms with Gasteiger partial charge in [0.2, 0.25) is 10.0 Å². The maximum absolute atomic E-state index is 12.0.